The van der Waals surface area contributed by atoms with Gasteiger partial charge in [-0.15, -0.1) is 0 Å². The number of benzene rings is 7. The predicted molar refractivity (Wildman–Crippen MR) is 184 cm³/mol. The number of para-hydroxylation sites is 1. The summed E-state index contributed by atoms with van der Waals surface area (Å²) in [6.07, 6.45) is 0. The van der Waals surface area contributed by atoms with E-state index in [2.05, 4.69) is 143 Å². The maximum atomic E-state index is 5.67. The molecule has 0 fully saturated rings. The first-order valence-corrected chi connectivity index (χ1v) is 15.1. The number of rotatable bonds is 3. The number of aromatic nitrogens is 2. The van der Waals surface area contributed by atoms with Crippen LogP contribution in [0, 0.1) is 13.8 Å². The van der Waals surface area contributed by atoms with Crippen LogP contribution in [0.25, 0.3) is 82.1 Å². The van der Waals surface area contributed by atoms with E-state index in [9.17, 15) is 0 Å². The number of aryl methyl sites for hydroxylation is 2. The molecule has 0 bridgehead atoms. The summed E-state index contributed by atoms with van der Waals surface area (Å²) in [4.78, 5) is 0. The topological polar surface area (TPSA) is 31.0 Å². The van der Waals surface area contributed by atoms with E-state index < -0.39 is 0 Å². The molecule has 9 rings (SSSR count). The first kappa shape index (κ1) is 24.9. The van der Waals surface area contributed by atoms with Gasteiger partial charge in [0, 0.05) is 33.0 Å². The van der Waals surface area contributed by atoms with E-state index >= 15 is 0 Å². The van der Waals surface area contributed by atoms with E-state index in [4.69, 9.17) is 4.52 Å². The van der Waals surface area contributed by atoms with Crippen LogP contribution in [-0.2, 0) is 0 Å². The Hall–Kier alpha value is -5.67. The molecule has 0 unspecified atom stereocenters. The Balaban J connectivity index is 1.42. The van der Waals surface area contributed by atoms with Crippen LogP contribution in [0.2, 0.25) is 0 Å². The second-order valence-corrected chi connectivity index (χ2v) is 11.6. The molecule has 2 heterocycles. The molecule has 0 aliphatic carbocycles. The smallest absolute Gasteiger partial charge is 0.141 e. The molecule has 208 valence electrons. The highest BCUT2D eigenvalue weighted by Crippen LogP contribution is 2.46. The molecule has 0 N–H and O–H groups in total. The maximum absolute atomic E-state index is 5.67. The van der Waals surface area contributed by atoms with Gasteiger partial charge in [-0.3, -0.25) is 0 Å². The molecular formula is C41H28N2O. The van der Waals surface area contributed by atoms with E-state index in [-0.39, 0.29) is 0 Å². The highest BCUT2D eigenvalue weighted by atomic mass is 16.5. The lowest BCUT2D eigenvalue weighted by molar-refractivity contribution is 0.393. The minimum Gasteiger partial charge on any atom is -0.361 e. The summed E-state index contributed by atoms with van der Waals surface area (Å²) in [6.45, 7) is 4.04. The van der Waals surface area contributed by atoms with Crippen molar-refractivity contribution in [2.75, 3.05) is 0 Å². The van der Waals surface area contributed by atoms with E-state index in [0.717, 1.165) is 22.7 Å². The predicted octanol–water partition coefficient (Wildman–Crippen LogP) is 11.2. The van der Waals surface area contributed by atoms with Gasteiger partial charge in [-0.25, -0.2) is 0 Å². The van der Waals surface area contributed by atoms with E-state index in [1.165, 1.54) is 70.8 Å². The van der Waals surface area contributed by atoms with Crippen molar-refractivity contribution in [3.05, 3.63) is 145 Å². The SMILES string of the molecule is Cc1noc(C)c1-c1c2ccccc2c(-c2ccc3c(c2)c2ccc4ccccc4c2n3-c2ccccc2)c2ccccc12. The zero-order chi connectivity index (χ0) is 29.4. The van der Waals surface area contributed by atoms with Gasteiger partial charge in [-0.05, 0) is 76.2 Å². The van der Waals surface area contributed by atoms with E-state index in [0.29, 0.717) is 0 Å². The van der Waals surface area contributed by atoms with E-state index in [1.807, 2.05) is 13.8 Å². The molecule has 0 aliphatic rings. The molecular weight excluding hydrogens is 536 g/mol. The van der Waals surface area contributed by atoms with Gasteiger partial charge in [-0.2, -0.15) is 0 Å². The molecule has 44 heavy (non-hydrogen) atoms. The van der Waals surface area contributed by atoms with Gasteiger partial charge >= 0.3 is 0 Å². The van der Waals surface area contributed by atoms with Crippen molar-refractivity contribution in [2.45, 2.75) is 13.8 Å². The monoisotopic (exact) mass is 564 g/mol. The Morgan fingerprint density at radius 1 is 0.500 bits per heavy atom. The van der Waals surface area contributed by atoms with Crippen LogP contribution in [0.1, 0.15) is 11.5 Å². The van der Waals surface area contributed by atoms with Crippen molar-refractivity contribution in [3.63, 3.8) is 0 Å². The summed E-state index contributed by atoms with van der Waals surface area (Å²) in [5.41, 5.74) is 9.23. The number of fused-ring (bicyclic) bond motifs is 7. The average Bonchev–Trinajstić information content (AvgIpc) is 3.59. The van der Waals surface area contributed by atoms with Crippen LogP contribution in [-0.4, -0.2) is 9.72 Å². The first-order valence-electron chi connectivity index (χ1n) is 15.1. The second-order valence-electron chi connectivity index (χ2n) is 11.6. The van der Waals surface area contributed by atoms with Gasteiger partial charge in [0.25, 0.3) is 0 Å². The fraction of sp³-hybridized carbons (Fsp3) is 0.0488. The number of nitrogens with zero attached hydrogens (tertiary/aromatic N) is 2. The summed E-state index contributed by atoms with van der Waals surface area (Å²) < 4.78 is 8.09. The summed E-state index contributed by atoms with van der Waals surface area (Å²) in [5, 5.41) is 14.2. The summed E-state index contributed by atoms with van der Waals surface area (Å²) in [7, 11) is 0. The molecule has 0 saturated carbocycles. The van der Waals surface area contributed by atoms with Gasteiger partial charge in [-0.1, -0.05) is 114 Å². The van der Waals surface area contributed by atoms with E-state index in [1.54, 1.807) is 0 Å². The Bertz CT molecular complexity index is 2490. The fourth-order valence-corrected chi connectivity index (χ4v) is 7.33. The maximum Gasteiger partial charge on any atom is 0.141 e. The van der Waals surface area contributed by atoms with Gasteiger partial charge in [0.15, 0.2) is 0 Å². The van der Waals surface area contributed by atoms with Crippen molar-refractivity contribution in [3.8, 4) is 27.9 Å². The van der Waals surface area contributed by atoms with Gasteiger partial charge in [0.2, 0.25) is 0 Å². The Labute approximate surface area is 254 Å². The van der Waals surface area contributed by atoms with Gasteiger partial charge < -0.3 is 9.09 Å². The molecule has 2 aromatic heterocycles. The van der Waals surface area contributed by atoms with Gasteiger partial charge in [0.05, 0.1) is 16.7 Å². The lowest BCUT2D eigenvalue weighted by atomic mass is 9.85. The third-order valence-corrected chi connectivity index (χ3v) is 9.17. The molecule has 3 nitrogen and oxygen atoms in total. The van der Waals surface area contributed by atoms with Gasteiger partial charge in [0.1, 0.15) is 5.76 Å². The van der Waals surface area contributed by atoms with Crippen molar-refractivity contribution in [2.24, 2.45) is 0 Å². The molecule has 0 spiro atoms. The minimum absolute atomic E-state index is 0.841. The lowest BCUT2D eigenvalue weighted by Gasteiger charge is -2.17. The summed E-state index contributed by atoms with van der Waals surface area (Å²) in [5.74, 6) is 0.841. The van der Waals surface area contributed by atoms with Crippen LogP contribution in [0.3, 0.4) is 0 Å². The third-order valence-electron chi connectivity index (χ3n) is 9.17. The summed E-state index contributed by atoms with van der Waals surface area (Å²) >= 11 is 0. The van der Waals surface area contributed by atoms with Crippen LogP contribution >= 0.6 is 0 Å². The first-order chi connectivity index (χ1) is 21.7. The zero-order valence-corrected chi connectivity index (χ0v) is 24.5. The lowest BCUT2D eigenvalue weighted by Crippen LogP contribution is -1.94. The average molecular weight is 565 g/mol. The second kappa shape index (κ2) is 9.42. The molecule has 0 radical (unpaired) electrons. The van der Waals surface area contributed by atoms with Crippen LogP contribution in [0.5, 0.6) is 0 Å². The minimum atomic E-state index is 0.841. The fourth-order valence-electron chi connectivity index (χ4n) is 7.33. The summed E-state index contributed by atoms with van der Waals surface area (Å²) in [6, 6.07) is 48.5. The standard InChI is InChI=1S/C41H28N2O/c1-25-38(26(2)44-42-25)40-33-18-10-8-16-31(33)39(32-17-9-11-19-34(32)40)28-21-23-37-36(24-28)35-22-20-27-12-6-7-15-30(27)41(35)43(37)29-13-4-3-5-14-29/h3-24H,1-2H3. The van der Waals surface area contributed by atoms with Crippen molar-refractivity contribution >= 4 is 54.1 Å². The molecule has 7 aromatic carbocycles. The molecule has 9 aromatic rings. The number of hydrogen-bond donors (Lipinski definition) is 0. The normalized spacial score (nSPS) is 11.9. The molecule has 3 heteroatoms. The van der Waals surface area contributed by atoms with Crippen LogP contribution in [0.15, 0.2) is 138 Å². The molecule has 0 atom stereocenters. The largest absolute Gasteiger partial charge is 0.361 e. The molecule has 0 saturated heterocycles. The quantitative estimate of drug-likeness (QED) is 0.200. The Kier molecular flexibility index (Phi) is 5.33. The molecule has 0 aliphatic heterocycles. The highest BCUT2D eigenvalue weighted by Gasteiger charge is 2.22. The third kappa shape index (κ3) is 3.47. The van der Waals surface area contributed by atoms with Crippen molar-refractivity contribution in [1.29, 1.82) is 0 Å². The molecule has 0 amide bonds. The van der Waals surface area contributed by atoms with Crippen molar-refractivity contribution in [1.82, 2.24) is 9.72 Å². The van der Waals surface area contributed by atoms with Crippen molar-refractivity contribution < 1.29 is 4.52 Å². The number of hydrogen-bond acceptors (Lipinski definition) is 2. The highest BCUT2D eigenvalue weighted by molar-refractivity contribution is 6.24. The zero-order valence-electron chi connectivity index (χ0n) is 24.5. The van der Waals surface area contributed by atoms with Crippen LogP contribution < -0.4 is 0 Å². The Morgan fingerprint density at radius 2 is 1.11 bits per heavy atom. The Morgan fingerprint density at radius 3 is 1.77 bits per heavy atom. The van der Waals surface area contributed by atoms with Crippen LogP contribution in [0.4, 0.5) is 0 Å².